The van der Waals surface area contributed by atoms with Gasteiger partial charge in [-0.1, -0.05) is 6.42 Å². The van der Waals surface area contributed by atoms with Gasteiger partial charge in [0.1, 0.15) is 0 Å². The van der Waals surface area contributed by atoms with E-state index >= 15 is 0 Å². The van der Waals surface area contributed by atoms with E-state index in [1.165, 1.54) is 31.4 Å². The van der Waals surface area contributed by atoms with Gasteiger partial charge >= 0.3 is 0 Å². The lowest BCUT2D eigenvalue weighted by atomic mass is 10.2. The molecule has 1 aliphatic carbocycles. The fraction of sp³-hybridized carbons (Fsp3) is 0.846. The van der Waals surface area contributed by atoms with Crippen LogP contribution in [0.5, 0.6) is 0 Å². The number of ether oxygens (including phenoxy) is 1. The molecule has 0 saturated heterocycles. The average Bonchev–Trinajstić information content (AvgIpc) is 2.44. The van der Waals surface area contributed by atoms with Crippen molar-refractivity contribution in [3.8, 4) is 0 Å². The van der Waals surface area contributed by atoms with E-state index in [0.717, 1.165) is 26.1 Å². The van der Waals surface area contributed by atoms with Crippen LogP contribution in [-0.2, 0) is 9.16 Å². The molecule has 0 aromatic rings. The molecule has 0 bridgehead atoms. The molecular formula is C13H26O2Si. The Morgan fingerprint density at radius 2 is 1.94 bits per heavy atom. The molecule has 0 aromatic heterocycles. The van der Waals surface area contributed by atoms with E-state index in [0.29, 0.717) is 0 Å². The Labute approximate surface area is 101 Å². The van der Waals surface area contributed by atoms with Crippen molar-refractivity contribution in [2.24, 2.45) is 0 Å². The van der Waals surface area contributed by atoms with Gasteiger partial charge in [0.15, 0.2) is 8.32 Å². The van der Waals surface area contributed by atoms with Gasteiger partial charge in [-0.3, -0.25) is 0 Å². The SMILES string of the molecule is C[Si](C)(C)OCCCOC1=CCCCCC1. The minimum Gasteiger partial charge on any atom is -0.498 e. The molecule has 0 amide bonds. The predicted octanol–water partition coefficient (Wildman–Crippen LogP) is 4.09. The molecule has 0 N–H and O–H groups in total. The van der Waals surface area contributed by atoms with Crippen LogP contribution < -0.4 is 0 Å². The van der Waals surface area contributed by atoms with E-state index < -0.39 is 8.32 Å². The van der Waals surface area contributed by atoms with Crippen molar-refractivity contribution in [1.82, 2.24) is 0 Å². The van der Waals surface area contributed by atoms with E-state index in [4.69, 9.17) is 9.16 Å². The largest absolute Gasteiger partial charge is 0.498 e. The van der Waals surface area contributed by atoms with Crippen molar-refractivity contribution in [2.45, 2.75) is 58.2 Å². The van der Waals surface area contributed by atoms with Crippen LogP contribution in [0, 0.1) is 0 Å². The molecule has 1 aliphatic rings. The Morgan fingerprint density at radius 1 is 1.12 bits per heavy atom. The van der Waals surface area contributed by atoms with Gasteiger partial charge in [0.2, 0.25) is 0 Å². The van der Waals surface area contributed by atoms with Crippen molar-refractivity contribution in [2.75, 3.05) is 13.2 Å². The molecule has 94 valence electrons. The molecule has 0 aromatic carbocycles. The summed E-state index contributed by atoms with van der Waals surface area (Å²) in [6.45, 7) is 8.34. The summed E-state index contributed by atoms with van der Waals surface area (Å²) in [6.07, 6.45) is 9.58. The van der Waals surface area contributed by atoms with Crippen LogP contribution in [0.3, 0.4) is 0 Å². The number of rotatable bonds is 6. The van der Waals surface area contributed by atoms with E-state index in [1.54, 1.807) is 0 Å². The molecule has 0 saturated carbocycles. The standard InChI is InChI=1S/C13H26O2Si/c1-16(2,3)15-12-8-11-14-13-9-6-4-5-7-10-13/h9H,4-8,10-12H2,1-3H3. The van der Waals surface area contributed by atoms with Crippen molar-refractivity contribution in [3.63, 3.8) is 0 Å². The maximum absolute atomic E-state index is 5.78. The zero-order valence-corrected chi connectivity index (χ0v) is 12.1. The zero-order chi connectivity index (χ0) is 11.9. The Bertz CT molecular complexity index is 218. The highest BCUT2D eigenvalue weighted by Gasteiger charge is 2.13. The predicted molar refractivity (Wildman–Crippen MR) is 71.0 cm³/mol. The molecule has 0 spiro atoms. The molecule has 0 fully saturated rings. The van der Waals surface area contributed by atoms with Gasteiger partial charge in [-0.25, -0.2) is 0 Å². The summed E-state index contributed by atoms with van der Waals surface area (Å²) in [6, 6.07) is 0. The van der Waals surface area contributed by atoms with Crippen LogP contribution >= 0.6 is 0 Å². The van der Waals surface area contributed by atoms with Crippen molar-refractivity contribution >= 4 is 8.32 Å². The lowest BCUT2D eigenvalue weighted by molar-refractivity contribution is 0.173. The number of hydrogen-bond acceptors (Lipinski definition) is 2. The Kier molecular flexibility index (Phi) is 6.13. The second kappa shape index (κ2) is 7.12. The fourth-order valence-corrected chi connectivity index (χ4v) is 2.51. The highest BCUT2D eigenvalue weighted by Crippen LogP contribution is 2.18. The summed E-state index contributed by atoms with van der Waals surface area (Å²) in [5.74, 6) is 1.21. The van der Waals surface area contributed by atoms with E-state index in [1.807, 2.05) is 0 Å². The minimum absolute atomic E-state index is 0.816. The Hall–Kier alpha value is -0.283. The van der Waals surface area contributed by atoms with E-state index in [-0.39, 0.29) is 0 Å². The molecule has 0 heterocycles. The molecular weight excluding hydrogens is 216 g/mol. The van der Waals surface area contributed by atoms with Crippen LogP contribution in [0.2, 0.25) is 19.6 Å². The smallest absolute Gasteiger partial charge is 0.183 e. The van der Waals surface area contributed by atoms with Crippen LogP contribution in [0.25, 0.3) is 0 Å². The maximum Gasteiger partial charge on any atom is 0.183 e. The molecule has 1 rings (SSSR count). The third-order valence-electron chi connectivity index (χ3n) is 2.61. The second-order valence-electron chi connectivity index (χ2n) is 5.43. The molecule has 0 unspecified atom stereocenters. The topological polar surface area (TPSA) is 18.5 Å². The van der Waals surface area contributed by atoms with Gasteiger partial charge < -0.3 is 9.16 Å². The minimum atomic E-state index is -1.32. The highest BCUT2D eigenvalue weighted by atomic mass is 28.4. The van der Waals surface area contributed by atoms with Crippen LogP contribution in [0.1, 0.15) is 38.5 Å². The quantitative estimate of drug-likeness (QED) is 0.516. The summed E-state index contributed by atoms with van der Waals surface area (Å²) in [5.41, 5.74) is 0. The number of hydrogen-bond donors (Lipinski definition) is 0. The first-order chi connectivity index (χ1) is 7.58. The normalized spacial score (nSPS) is 17.8. The van der Waals surface area contributed by atoms with Crippen LogP contribution in [0.4, 0.5) is 0 Å². The molecule has 0 atom stereocenters. The van der Waals surface area contributed by atoms with E-state index in [2.05, 4.69) is 25.7 Å². The lowest BCUT2D eigenvalue weighted by Gasteiger charge is -2.17. The zero-order valence-electron chi connectivity index (χ0n) is 11.1. The first-order valence-electron chi connectivity index (χ1n) is 6.54. The first kappa shape index (κ1) is 13.8. The lowest BCUT2D eigenvalue weighted by Crippen LogP contribution is -2.26. The van der Waals surface area contributed by atoms with Gasteiger partial charge in [-0.05, 0) is 45.0 Å². The molecule has 0 radical (unpaired) electrons. The summed E-state index contributed by atoms with van der Waals surface area (Å²) in [5, 5.41) is 0. The highest BCUT2D eigenvalue weighted by molar-refractivity contribution is 6.69. The average molecular weight is 242 g/mol. The molecule has 2 nitrogen and oxygen atoms in total. The van der Waals surface area contributed by atoms with Gasteiger partial charge in [-0.15, -0.1) is 0 Å². The number of allylic oxidation sites excluding steroid dienone is 2. The van der Waals surface area contributed by atoms with Gasteiger partial charge in [0.05, 0.1) is 12.4 Å². The van der Waals surface area contributed by atoms with Gasteiger partial charge in [0, 0.05) is 19.4 Å². The van der Waals surface area contributed by atoms with E-state index in [9.17, 15) is 0 Å². The van der Waals surface area contributed by atoms with Crippen LogP contribution in [0.15, 0.2) is 11.8 Å². The maximum atomic E-state index is 5.78. The summed E-state index contributed by atoms with van der Waals surface area (Å²) < 4.78 is 11.6. The fourth-order valence-electron chi connectivity index (χ4n) is 1.76. The molecule has 3 heteroatoms. The first-order valence-corrected chi connectivity index (χ1v) is 9.94. The molecule has 16 heavy (non-hydrogen) atoms. The Balaban J connectivity index is 2.04. The van der Waals surface area contributed by atoms with Gasteiger partial charge in [0.25, 0.3) is 0 Å². The monoisotopic (exact) mass is 242 g/mol. The summed E-state index contributed by atoms with van der Waals surface area (Å²) in [7, 11) is -1.32. The van der Waals surface area contributed by atoms with Crippen molar-refractivity contribution in [1.29, 1.82) is 0 Å². The summed E-state index contributed by atoms with van der Waals surface area (Å²) >= 11 is 0. The second-order valence-corrected chi connectivity index (χ2v) is 9.95. The third-order valence-corrected chi connectivity index (χ3v) is 3.68. The van der Waals surface area contributed by atoms with Crippen molar-refractivity contribution in [3.05, 3.63) is 11.8 Å². The third kappa shape index (κ3) is 7.07. The van der Waals surface area contributed by atoms with Gasteiger partial charge in [-0.2, -0.15) is 0 Å². The van der Waals surface area contributed by atoms with Crippen molar-refractivity contribution < 1.29 is 9.16 Å². The Morgan fingerprint density at radius 3 is 2.69 bits per heavy atom. The molecule has 0 aliphatic heterocycles. The summed E-state index contributed by atoms with van der Waals surface area (Å²) in [4.78, 5) is 0. The van der Waals surface area contributed by atoms with Crippen LogP contribution in [-0.4, -0.2) is 21.5 Å².